The van der Waals surface area contributed by atoms with E-state index >= 15 is 0 Å². The molecule has 34 heavy (non-hydrogen) atoms. The Morgan fingerprint density at radius 3 is 2.56 bits per heavy atom. The lowest BCUT2D eigenvalue weighted by Gasteiger charge is -2.54. The minimum Gasteiger partial charge on any atom is -0.481 e. The highest BCUT2D eigenvalue weighted by molar-refractivity contribution is 6.10. The number of carbonyl (C=O) groups is 2. The largest absolute Gasteiger partial charge is 0.481 e. The number of hydrogen-bond acceptors (Lipinski definition) is 8. The maximum atomic E-state index is 13.3. The van der Waals surface area contributed by atoms with E-state index in [1.165, 1.54) is 0 Å². The third-order valence-electron chi connectivity index (χ3n) is 8.00. The van der Waals surface area contributed by atoms with E-state index in [9.17, 15) is 14.7 Å². The van der Waals surface area contributed by atoms with Crippen LogP contribution in [0, 0.1) is 18.3 Å². The zero-order valence-electron chi connectivity index (χ0n) is 19.1. The van der Waals surface area contributed by atoms with E-state index in [4.69, 9.17) is 15.5 Å². The third kappa shape index (κ3) is 3.26. The Bertz CT molecular complexity index is 1150. The van der Waals surface area contributed by atoms with Crippen molar-refractivity contribution in [2.75, 3.05) is 28.7 Å². The van der Waals surface area contributed by atoms with Gasteiger partial charge in [-0.05, 0) is 63.0 Å². The highest BCUT2D eigenvalue weighted by Gasteiger charge is 2.55. The Kier molecular flexibility index (Phi) is 4.69. The van der Waals surface area contributed by atoms with E-state index in [0.717, 1.165) is 44.3 Å². The second-order valence-corrected chi connectivity index (χ2v) is 10.2. The summed E-state index contributed by atoms with van der Waals surface area (Å²) >= 11 is 0. The smallest absolute Gasteiger partial charge is 0.306 e. The lowest BCUT2D eigenvalue weighted by molar-refractivity contribution is -0.151. The lowest BCUT2D eigenvalue weighted by atomic mass is 9.56. The molecule has 3 fully saturated rings. The van der Waals surface area contributed by atoms with E-state index in [1.807, 2.05) is 12.1 Å². The monoisotopic (exact) mass is 464 g/mol. The van der Waals surface area contributed by atoms with Gasteiger partial charge in [0.1, 0.15) is 29.6 Å². The van der Waals surface area contributed by atoms with Crippen molar-refractivity contribution in [1.29, 1.82) is 0 Å². The average Bonchev–Trinajstić information content (AvgIpc) is 2.94. The van der Waals surface area contributed by atoms with Crippen molar-refractivity contribution in [3.05, 3.63) is 29.7 Å². The van der Waals surface area contributed by atoms with E-state index in [0.29, 0.717) is 36.7 Å². The SMILES string of the molecule is Cc1nc(N)c2c(n1)OCCN(c1ccc(N3C4CCC3CC3(CC(C(=O)O)C3)C4)nc1)C2=O. The second kappa shape index (κ2) is 7.54. The van der Waals surface area contributed by atoms with Crippen molar-refractivity contribution in [2.24, 2.45) is 11.3 Å². The van der Waals surface area contributed by atoms with Crippen molar-refractivity contribution < 1.29 is 19.4 Å². The number of rotatable bonds is 3. The fraction of sp³-hybridized carbons (Fsp3) is 0.542. The first-order chi connectivity index (χ1) is 16.3. The van der Waals surface area contributed by atoms with Crippen LogP contribution < -0.4 is 20.3 Å². The zero-order chi connectivity index (χ0) is 23.6. The number of fused-ring (bicyclic) bond motifs is 3. The summed E-state index contributed by atoms with van der Waals surface area (Å²) in [6.45, 7) is 2.36. The number of amides is 1. The van der Waals surface area contributed by atoms with Crippen LogP contribution in [0.25, 0.3) is 0 Å². The topological polar surface area (TPSA) is 135 Å². The summed E-state index contributed by atoms with van der Waals surface area (Å²) in [5.74, 6) is 0.590. The summed E-state index contributed by atoms with van der Waals surface area (Å²) in [6.07, 6.45) is 7.65. The normalized spacial score (nSPS) is 29.9. The molecule has 5 heterocycles. The maximum absolute atomic E-state index is 13.3. The van der Waals surface area contributed by atoms with Gasteiger partial charge in [0.25, 0.3) is 5.91 Å². The molecule has 2 unspecified atom stereocenters. The zero-order valence-corrected chi connectivity index (χ0v) is 19.1. The number of aliphatic carboxylic acids is 1. The Morgan fingerprint density at radius 1 is 1.18 bits per heavy atom. The van der Waals surface area contributed by atoms with Crippen LogP contribution in [0.15, 0.2) is 18.3 Å². The number of piperidine rings is 1. The molecule has 1 saturated carbocycles. The van der Waals surface area contributed by atoms with Crippen molar-refractivity contribution in [1.82, 2.24) is 15.0 Å². The molecule has 1 amide bonds. The van der Waals surface area contributed by atoms with Crippen LogP contribution in [0.5, 0.6) is 5.88 Å². The predicted molar refractivity (Wildman–Crippen MR) is 124 cm³/mol. The first kappa shape index (κ1) is 21.1. The van der Waals surface area contributed by atoms with E-state index in [-0.39, 0.29) is 34.5 Å². The fourth-order valence-electron chi connectivity index (χ4n) is 6.59. The average molecular weight is 465 g/mol. The molecule has 2 atom stereocenters. The Balaban J connectivity index is 1.21. The molecule has 2 bridgehead atoms. The molecule has 6 rings (SSSR count). The van der Waals surface area contributed by atoms with Crippen LogP contribution >= 0.6 is 0 Å². The number of nitrogens with zero attached hydrogens (tertiary/aromatic N) is 5. The summed E-state index contributed by atoms with van der Waals surface area (Å²) in [4.78, 5) is 41.7. The first-order valence-electron chi connectivity index (χ1n) is 11.9. The van der Waals surface area contributed by atoms with Gasteiger partial charge < -0.3 is 25.4 Å². The number of hydrogen-bond donors (Lipinski definition) is 2. The van der Waals surface area contributed by atoms with Crippen LogP contribution in [0.3, 0.4) is 0 Å². The van der Waals surface area contributed by atoms with Gasteiger partial charge in [0, 0.05) is 12.1 Å². The predicted octanol–water partition coefficient (Wildman–Crippen LogP) is 2.41. The molecule has 10 heteroatoms. The van der Waals surface area contributed by atoms with Crippen molar-refractivity contribution in [2.45, 2.75) is 57.5 Å². The molecule has 178 valence electrons. The number of ether oxygens (including phenoxy) is 1. The summed E-state index contributed by atoms with van der Waals surface area (Å²) < 4.78 is 5.69. The highest BCUT2D eigenvalue weighted by atomic mass is 16.5. The van der Waals surface area contributed by atoms with Gasteiger partial charge in [0.15, 0.2) is 0 Å². The maximum Gasteiger partial charge on any atom is 0.306 e. The lowest BCUT2D eigenvalue weighted by Crippen LogP contribution is -2.54. The molecule has 2 aromatic heterocycles. The van der Waals surface area contributed by atoms with Gasteiger partial charge >= 0.3 is 5.97 Å². The quantitative estimate of drug-likeness (QED) is 0.702. The van der Waals surface area contributed by atoms with Gasteiger partial charge in [-0.15, -0.1) is 0 Å². The molecule has 10 nitrogen and oxygen atoms in total. The highest BCUT2D eigenvalue weighted by Crippen LogP contribution is 2.58. The number of anilines is 3. The number of pyridine rings is 1. The number of nitrogen functional groups attached to an aromatic ring is 1. The summed E-state index contributed by atoms with van der Waals surface area (Å²) in [6, 6.07) is 4.69. The molecule has 3 aliphatic heterocycles. The Hall–Kier alpha value is -3.43. The molecule has 2 saturated heterocycles. The van der Waals surface area contributed by atoms with Crippen LogP contribution in [0.1, 0.15) is 54.7 Å². The summed E-state index contributed by atoms with van der Waals surface area (Å²) in [5.41, 5.74) is 7.09. The standard InChI is InChI=1S/C24H28N6O4/c1-13-27-20(25)19-21(28-13)34-7-6-29(22(19)31)17-4-5-18(26-12-17)30-15-2-3-16(30)11-24(10-15)8-14(9-24)23(32)33/h4-5,12,14-16H,2-3,6-11H2,1H3,(H,32,33)(H2,25,27,28). The fourth-order valence-corrected chi connectivity index (χ4v) is 6.59. The number of nitrogens with two attached hydrogens (primary N) is 1. The van der Waals surface area contributed by atoms with Crippen molar-refractivity contribution in [3.8, 4) is 5.88 Å². The number of aromatic nitrogens is 3. The van der Waals surface area contributed by atoms with Crippen molar-refractivity contribution in [3.63, 3.8) is 0 Å². The number of carbonyl (C=O) groups excluding carboxylic acids is 1. The minimum absolute atomic E-state index is 0.115. The van der Waals surface area contributed by atoms with E-state index in [1.54, 1.807) is 18.0 Å². The van der Waals surface area contributed by atoms with Crippen molar-refractivity contribution >= 4 is 29.2 Å². The summed E-state index contributed by atoms with van der Waals surface area (Å²) in [5, 5.41) is 9.31. The Labute approximate surface area is 197 Å². The molecule has 3 N–H and O–H groups in total. The minimum atomic E-state index is -0.655. The first-order valence-corrected chi connectivity index (χ1v) is 11.9. The number of carboxylic acids is 1. The van der Waals surface area contributed by atoms with Gasteiger partial charge in [-0.2, -0.15) is 4.98 Å². The summed E-state index contributed by atoms with van der Waals surface area (Å²) in [7, 11) is 0. The molecule has 4 aliphatic rings. The van der Waals surface area contributed by atoms with Crippen LogP contribution in [0.4, 0.5) is 17.3 Å². The molecule has 1 spiro atoms. The molecular formula is C24H28N6O4. The van der Waals surface area contributed by atoms with Gasteiger partial charge in [-0.3, -0.25) is 9.59 Å². The molecule has 0 radical (unpaired) electrons. The van der Waals surface area contributed by atoms with Gasteiger partial charge in [-0.1, -0.05) is 0 Å². The second-order valence-electron chi connectivity index (χ2n) is 10.2. The number of carboxylic acid groups (broad SMARTS) is 1. The molecule has 1 aliphatic carbocycles. The van der Waals surface area contributed by atoms with Gasteiger partial charge in [0.05, 0.1) is 24.3 Å². The van der Waals surface area contributed by atoms with Crippen LogP contribution in [0.2, 0.25) is 0 Å². The third-order valence-corrected chi connectivity index (χ3v) is 8.00. The van der Waals surface area contributed by atoms with Gasteiger partial charge in [-0.25, -0.2) is 9.97 Å². The Morgan fingerprint density at radius 2 is 1.91 bits per heavy atom. The molecular weight excluding hydrogens is 436 g/mol. The molecule has 0 aromatic carbocycles. The number of aryl methyl sites for hydroxylation is 1. The van der Waals surface area contributed by atoms with E-state index in [2.05, 4.69) is 14.9 Å². The van der Waals surface area contributed by atoms with Crippen LogP contribution in [-0.4, -0.2) is 57.2 Å². The van der Waals surface area contributed by atoms with Gasteiger partial charge in [0.2, 0.25) is 5.88 Å². The molecule has 2 aromatic rings. The van der Waals surface area contributed by atoms with E-state index < -0.39 is 5.97 Å². The van der Waals surface area contributed by atoms with Crippen LogP contribution in [-0.2, 0) is 4.79 Å².